The number of carbonyl (C=O) groups is 2. The number of likely N-dealkylation sites (N-methyl/N-ethyl adjacent to an activating group) is 2. The Hall–Kier alpha value is -1.84. The Morgan fingerprint density at radius 1 is 0.833 bits per heavy atom. The van der Waals surface area contributed by atoms with E-state index in [1.165, 1.54) is 12.2 Å². The first-order chi connectivity index (χ1) is 11.5. The molecular weight excluding hydrogens is 300 g/mol. The first-order valence-electron chi connectivity index (χ1n) is 8.88. The van der Waals surface area contributed by atoms with Crippen molar-refractivity contribution in [2.75, 3.05) is 26.2 Å². The average Bonchev–Trinajstić information content (AvgIpc) is 2.65. The fourth-order valence-electron chi connectivity index (χ4n) is 3.23. The Balaban J connectivity index is 0.00000254. The van der Waals surface area contributed by atoms with E-state index in [9.17, 15) is 9.59 Å². The highest BCUT2D eigenvalue weighted by Gasteiger charge is 2.25. The molecule has 1 saturated carbocycles. The van der Waals surface area contributed by atoms with E-state index in [2.05, 4.69) is 26.3 Å². The Morgan fingerprint density at radius 3 is 1.33 bits per heavy atom. The van der Waals surface area contributed by atoms with Crippen LogP contribution in [0.3, 0.4) is 0 Å². The predicted octanol–water partition coefficient (Wildman–Crippen LogP) is 3.66. The van der Waals surface area contributed by atoms with E-state index in [-0.39, 0.29) is 11.8 Å². The zero-order valence-corrected chi connectivity index (χ0v) is 15.5. The molecule has 4 nitrogen and oxygen atoms in total. The lowest BCUT2D eigenvalue weighted by Crippen LogP contribution is -2.38. The summed E-state index contributed by atoms with van der Waals surface area (Å²) in [4.78, 5) is 27.2. The van der Waals surface area contributed by atoms with Gasteiger partial charge in [-0.2, -0.15) is 0 Å². The molecule has 0 aliphatic heterocycles. The summed E-state index contributed by atoms with van der Waals surface area (Å²) in [5, 5.41) is 0. The van der Waals surface area contributed by atoms with Crippen LogP contribution in [0, 0.1) is 11.8 Å². The van der Waals surface area contributed by atoms with Crippen LogP contribution in [0.5, 0.6) is 0 Å². The molecule has 1 fully saturated rings. The third-order valence-electron chi connectivity index (χ3n) is 4.66. The van der Waals surface area contributed by atoms with Crippen molar-refractivity contribution in [2.45, 2.75) is 39.5 Å². The van der Waals surface area contributed by atoms with Crippen LogP contribution in [-0.2, 0) is 9.59 Å². The number of amides is 2. The van der Waals surface area contributed by atoms with Gasteiger partial charge in [0.15, 0.2) is 0 Å². The van der Waals surface area contributed by atoms with Crippen molar-refractivity contribution in [1.82, 2.24) is 9.80 Å². The molecule has 0 unspecified atom stereocenters. The van der Waals surface area contributed by atoms with Crippen molar-refractivity contribution in [2.24, 2.45) is 11.8 Å². The van der Waals surface area contributed by atoms with Crippen LogP contribution in [0.25, 0.3) is 0 Å². The lowest BCUT2D eigenvalue weighted by atomic mass is 9.81. The maximum absolute atomic E-state index is 11.7. The van der Waals surface area contributed by atoms with Crippen LogP contribution in [-0.4, -0.2) is 47.8 Å². The Morgan fingerprint density at radius 2 is 1.12 bits per heavy atom. The highest BCUT2D eigenvalue weighted by Crippen LogP contribution is 2.30. The topological polar surface area (TPSA) is 40.6 Å². The van der Waals surface area contributed by atoms with Gasteiger partial charge in [0.05, 0.1) is 0 Å². The van der Waals surface area contributed by atoms with Crippen molar-refractivity contribution >= 4 is 11.8 Å². The summed E-state index contributed by atoms with van der Waals surface area (Å²) < 4.78 is 0. The summed E-state index contributed by atoms with van der Waals surface area (Å²) in [6.45, 7) is 20.3. The highest BCUT2D eigenvalue weighted by molar-refractivity contribution is 5.87. The zero-order chi connectivity index (χ0) is 18.5. The number of nitrogens with zero attached hydrogens (tertiary/aromatic N) is 2. The zero-order valence-electron chi connectivity index (χ0n) is 15.5. The Kier molecular flexibility index (Phi) is 11.6. The van der Waals surface area contributed by atoms with Crippen LogP contribution < -0.4 is 0 Å². The first kappa shape index (κ1) is 22.2. The molecule has 0 N–H and O–H groups in total. The van der Waals surface area contributed by atoms with Crippen LogP contribution in [0.2, 0.25) is 0 Å². The lowest BCUT2D eigenvalue weighted by molar-refractivity contribution is -0.128. The van der Waals surface area contributed by atoms with Gasteiger partial charge in [-0.05, 0) is 63.5 Å². The van der Waals surface area contributed by atoms with Gasteiger partial charge in [-0.15, -0.1) is 13.2 Å². The number of hydrogen-bond donors (Lipinski definition) is 0. The summed E-state index contributed by atoms with van der Waals surface area (Å²) in [7, 11) is 0. The molecule has 4 heteroatoms. The van der Waals surface area contributed by atoms with E-state index in [0.717, 1.165) is 51.9 Å². The monoisotopic (exact) mass is 334 g/mol. The SMILES string of the molecule is C=C.C=CC(=O)N(CC)CC1CCC(CN(CC)C(=O)C=C)CC1. The van der Waals surface area contributed by atoms with Gasteiger partial charge in [0.2, 0.25) is 11.8 Å². The van der Waals surface area contributed by atoms with Gasteiger partial charge >= 0.3 is 0 Å². The molecule has 136 valence electrons. The Bertz CT molecular complexity index is 374. The van der Waals surface area contributed by atoms with E-state index in [0.29, 0.717) is 11.8 Å². The Labute approximate surface area is 147 Å². The molecule has 1 rings (SSSR count). The molecule has 0 heterocycles. The predicted molar refractivity (Wildman–Crippen MR) is 102 cm³/mol. The smallest absolute Gasteiger partial charge is 0.245 e. The first-order valence-corrected chi connectivity index (χ1v) is 8.88. The maximum atomic E-state index is 11.7. The van der Waals surface area contributed by atoms with E-state index < -0.39 is 0 Å². The summed E-state index contributed by atoms with van der Waals surface area (Å²) in [5.74, 6) is 1.20. The normalized spacial score (nSPS) is 19.4. The van der Waals surface area contributed by atoms with E-state index in [1.54, 1.807) is 0 Å². The molecule has 0 aromatic carbocycles. The molecule has 1 aliphatic rings. The second-order valence-corrected chi connectivity index (χ2v) is 6.05. The third-order valence-corrected chi connectivity index (χ3v) is 4.66. The molecule has 24 heavy (non-hydrogen) atoms. The van der Waals surface area contributed by atoms with Crippen LogP contribution >= 0.6 is 0 Å². The maximum Gasteiger partial charge on any atom is 0.245 e. The van der Waals surface area contributed by atoms with Gasteiger partial charge in [-0.25, -0.2) is 0 Å². The van der Waals surface area contributed by atoms with E-state index in [4.69, 9.17) is 0 Å². The molecule has 0 atom stereocenters. The minimum absolute atomic E-state index is 0.0263. The number of carbonyl (C=O) groups excluding carboxylic acids is 2. The quantitative estimate of drug-likeness (QED) is 0.502. The largest absolute Gasteiger partial charge is 0.339 e. The highest BCUT2D eigenvalue weighted by atomic mass is 16.2. The molecule has 2 amide bonds. The minimum atomic E-state index is 0.0263. The minimum Gasteiger partial charge on any atom is -0.339 e. The molecule has 0 radical (unpaired) electrons. The summed E-state index contributed by atoms with van der Waals surface area (Å²) >= 11 is 0. The van der Waals surface area contributed by atoms with Crippen molar-refractivity contribution in [3.63, 3.8) is 0 Å². The van der Waals surface area contributed by atoms with Gasteiger partial charge in [0.25, 0.3) is 0 Å². The van der Waals surface area contributed by atoms with E-state index in [1.807, 2.05) is 23.6 Å². The molecule has 0 aromatic rings. The van der Waals surface area contributed by atoms with Crippen molar-refractivity contribution in [3.8, 4) is 0 Å². The molecule has 0 bridgehead atoms. The average molecular weight is 335 g/mol. The van der Waals surface area contributed by atoms with Crippen molar-refractivity contribution in [1.29, 1.82) is 0 Å². The van der Waals surface area contributed by atoms with Crippen molar-refractivity contribution in [3.05, 3.63) is 38.5 Å². The lowest BCUT2D eigenvalue weighted by Gasteiger charge is -2.34. The molecule has 0 saturated heterocycles. The second kappa shape index (κ2) is 12.6. The summed E-state index contributed by atoms with van der Waals surface area (Å²) in [6, 6.07) is 0. The molecule has 1 aliphatic carbocycles. The fourth-order valence-corrected chi connectivity index (χ4v) is 3.23. The number of rotatable bonds is 8. The van der Waals surface area contributed by atoms with Crippen molar-refractivity contribution < 1.29 is 9.59 Å². The molecule has 0 aromatic heterocycles. The van der Waals surface area contributed by atoms with Gasteiger partial charge < -0.3 is 9.80 Å². The van der Waals surface area contributed by atoms with Gasteiger partial charge in [-0.3, -0.25) is 9.59 Å². The van der Waals surface area contributed by atoms with Crippen LogP contribution in [0.4, 0.5) is 0 Å². The summed E-state index contributed by atoms with van der Waals surface area (Å²) in [5.41, 5.74) is 0. The number of hydrogen-bond acceptors (Lipinski definition) is 2. The second-order valence-electron chi connectivity index (χ2n) is 6.05. The van der Waals surface area contributed by atoms with Crippen LogP contribution in [0.15, 0.2) is 38.5 Å². The standard InChI is InChI=1S/C18H30N2O2.C2H4/c1-5-17(21)19(7-3)13-15-9-11-16(12-10-15)14-20(8-4)18(22)6-2;1-2/h5-6,15-16H,1-2,7-14H2,3-4H3;1-2H2. The molecular formula is C20H34N2O2. The summed E-state index contributed by atoms with van der Waals surface area (Å²) in [6.07, 6.45) is 7.32. The van der Waals surface area contributed by atoms with E-state index >= 15 is 0 Å². The molecule has 0 spiro atoms. The fraction of sp³-hybridized carbons (Fsp3) is 0.600. The third kappa shape index (κ3) is 7.16. The van der Waals surface area contributed by atoms with Gasteiger partial charge in [-0.1, -0.05) is 13.2 Å². The van der Waals surface area contributed by atoms with Crippen LogP contribution in [0.1, 0.15) is 39.5 Å². The van der Waals surface area contributed by atoms with Gasteiger partial charge in [0.1, 0.15) is 0 Å². The van der Waals surface area contributed by atoms with Gasteiger partial charge in [0, 0.05) is 26.2 Å².